The van der Waals surface area contributed by atoms with E-state index >= 15 is 0 Å². The fourth-order valence-electron chi connectivity index (χ4n) is 1.56. The summed E-state index contributed by atoms with van der Waals surface area (Å²) in [5.41, 5.74) is 5.82. The smallest absolute Gasteiger partial charge is 0.239 e. The molecule has 1 amide bonds. The van der Waals surface area contributed by atoms with Crippen molar-refractivity contribution in [2.24, 2.45) is 11.7 Å². The van der Waals surface area contributed by atoms with Gasteiger partial charge in [-0.25, -0.2) is 0 Å². The number of carbonyl (C=O) groups is 1. The highest BCUT2D eigenvalue weighted by molar-refractivity contribution is 9.09. The van der Waals surface area contributed by atoms with Crippen LogP contribution in [0.1, 0.15) is 26.7 Å². The first-order valence-electron chi connectivity index (χ1n) is 5.20. The van der Waals surface area contributed by atoms with E-state index in [1.54, 1.807) is 0 Å². The lowest BCUT2D eigenvalue weighted by molar-refractivity contribution is -0.134. The van der Waals surface area contributed by atoms with Gasteiger partial charge in [0.05, 0.1) is 6.04 Å². The van der Waals surface area contributed by atoms with E-state index in [1.807, 2.05) is 18.7 Å². The van der Waals surface area contributed by atoms with Crippen molar-refractivity contribution in [3.8, 4) is 0 Å². The van der Waals surface area contributed by atoms with Gasteiger partial charge in [0.2, 0.25) is 5.91 Å². The summed E-state index contributed by atoms with van der Waals surface area (Å²) in [6.07, 6.45) is 2.08. The molecule has 0 aromatic carbocycles. The molecule has 0 spiro atoms. The van der Waals surface area contributed by atoms with E-state index in [1.165, 1.54) is 0 Å². The number of amides is 1. The van der Waals surface area contributed by atoms with Crippen molar-refractivity contribution in [2.75, 3.05) is 13.1 Å². The first-order valence-corrected chi connectivity index (χ1v) is 6.12. The molecule has 82 valence electrons. The number of likely N-dealkylation sites (tertiary alicyclic amines) is 1. The van der Waals surface area contributed by atoms with Crippen LogP contribution < -0.4 is 5.73 Å². The zero-order chi connectivity index (χ0) is 10.7. The van der Waals surface area contributed by atoms with Crippen molar-refractivity contribution in [1.29, 1.82) is 0 Å². The number of hydrogen-bond acceptors (Lipinski definition) is 2. The Morgan fingerprint density at radius 1 is 1.43 bits per heavy atom. The van der Waals surface area contributed by atoms with Crippen molar-refractivity contribution >= 4 is 21.8 Å². The summed E-state index contributed by atoms with van der Waals surface area (Å²) in [7, 11) is 0. The van der Waals surface area contributed by atoms with Crippen LogP contribution >= 0.6 is 15.9 Å². The number of rotatable bonds is 2. The topological polar surface area (TPSA) is 46.3 Å². The first-order chi connectivity index (χ1) is 6.52. The van der Waals surface area contributed by atoms with Crippen LogP contribution in [0.3, 0.4) is 0 Å². The van der Waals surface area contributed by atoms with Crippen LogP contribution in [0.5, 0.6) is 0 Å². The highest BCUT2D eigenvalue weighted by Gasteiger charge is 2.26. The largest absolute Gasteiger partial charge is 0.341 e. The first kappa shape index (κ1) is 12.0. The van der Waals surface area contributed by atoms with Crippen LogP contribution in [0, 0.1) is 5.92 Å². The van der Waals surface area contributed by atoms with Gasteiger partial charge >= 0.3 is 0 Å². The molecular weight excluding hydrogens is 244 g/mol. The third-order valence-corrected chi connectivity index (χ3v) is 3.66. The number of piperidine rings is 1. The lowest BCUT2D eigenvalue weighted by Gasteiger charge is -2.32. The summed E-state index contributed by atoms with van der Waals surface area (Å²) in [6, 6.07) is -0.332. The van der Waals surface area contributed by atoms with E-state index in [2.05, 4.69) is 15.9 Å². The molecule has 1 rings (SSSR count). The zero-order valence-electron chi connectivity index (χ0n) is 8.87. The molecule has 1 aliphatic rings. The van der Waals surface area contributed by atoms with Crippen LogP contribution in [-0.4, -0.2) is 34.8 Å². The lowest BCUT2D eigenvalue weighted by atomic mass is 10.0. The van der Waals surface area contributed by atoms with Crippen LogP contribution in [0.25, 0.3) is 0 Å². The zero-order valence-corrected chi connectivity index (χ0v) is 10.5. The Morgan fingerprint density at radius 2 is 1.93 bits per heavy atom. The van der Waals surface area contributed by atoms with Crippen LogP contribution in [0.15, 0.2) is 0 Å². The predicted molar refractivity (Wildman–Crippen MR) is 61.3 cm³/mol. The highest BCUT2D eigenvalue weighted by Crippen LogP contribution is 2.18. The normalized spacial score (nSPS) is 21.4. The Labute approximate surface area is 94.1 Å². The van der Waals surface area contributed by atoms with E-state index in [-0.39, 0.29) is 17.9 Å². The number of hydrogen-bond donors (Lipinski definition) is 1. The van der Waals surface area contributed by atoms with Gasteiger partial charge < -0.3 is 10.6 Å². The van der Waals surface area contributed by atoms with Crippen LogP contribution in [0.4, 0.5) is 0 Å². The molecule has 3 nitrogen and oxygen atoms in total. The van der Waals surface area contributed by atoms with Gasteiger partial charge in [0.1, 0.15) is 0 Å². The van der Waals surface area contributed by atoms with Gasteiger partial charge in [0.15, 0.2) is 0 Å². The van der Waals surface area contributed by atoms with E-state index in [0.29, 0.717) is 4.83 Å². The van der Waals surface area contributed by atoms with Crippen molar-refractivity contribution in [3.63, 3.8) is 0 Å². The third kappa shape index (κ3) is 2.95. The second kappa shape index (κ2) is 5.12. The van der Waals surface area contributed by atoms with E-state index in [0.717, 1.165) is 25.9 Å². The highest BCUT2D eigenvalue weighted by atomic mass is 79.9. The predicted octanol–water partition coefficient (Wildman–Crippen LogP) is 1.36. The maximum atomic E-state index is 11.8. The lowest BCUT2D eigenvalue weighted by Crippen LogP contribution is -2.49. The standard InChI is InChI=1S/C10H19BrN2O/c1-7(2)9(12)10(14)13-5-3-8(11)4-6-13/h7-9H,3-6,12H2,1-2H3/t9-/m0/s1. The van der Waals surface area contributed by atoms with Crippen molar-refractivity contribution in [3.05, 3.63) is 0 Å². The van der Waals surface area contributed by atoms with Gasteiger partial charge in [0, 0.05) is 17.9 Å². The molecule has 1 saturated heterocycles. The van der Waals surface area contributed by atoms with E-state index in [4.69, 9.17) is 5.73 Å². The number of halogens is 1. The maximum absolute atomic E-state index is 11.8. The van der Waals surface area contributed by atoms with Gasteiger partial charge in [-0.2, -0.15) is 0 Å². The molecule has 1 fully saturated rings. The fraction of sp³-hybridized carbons (Fsp3) is 0.900. The summed E-state index contributed by atoms with van der Waals surface area (Å²) in [5, 5.41) is 0. The Hall–Kier alpha value is -0.0900. The van der Waals surface area contributed by atoms with Crippen molar-refractivity contribution in [1.82, 2.24) is 4.90 Å². The monoisotopic (exact) mass is 262 g/mol. The van der Waals surface area contributed by atoms with Crippen LogP contribution in [0.2, 0.25) is 0 Å². The number of nitrogens with zero attached hydrogens (tertiary/aromatic N) is 1. The summed E-state index contributed by atoms with van der Waals surface area (Å²) >= 11 is 3.56. The van der Waals surface area contributed by atoms with Gasteiger partial charge in [-0.05, 0) is 18.8 Å². The number of carbonyl (C=O) groups excluding carboxylic acids is 1. The molecule has 2 N–H and O–H groups in total. The van der Waals surface area contributed by atoms with E-state index < -0.39 is 0 Å². The minimum atomic E-state index is -0.332. The number of nitrogens with two attached hydrogens (primary N) is 1. The molecule has 1 heterocycles. The third-order valence-electron chi connectivity index (χ3n) is 2.74. The number of alkyl halides is 1. The molecule has 0 aliphatic carbocycles. The minimum Gasteiger partial charge on any atom is -0.341 e. The molecular formula is C10H19BrN2O. The van der Waals surface area contributed by atoms with E-state index in [9.17, 15) is 4.79 Å². The minimum absolute atomic E-state index is 0.111. The molecule has 14 heavy (non-hydrogen) atoms. The molecule has 0 radical (unpaired) electrons. The van der Waals surface area contributed by atoms with Gasteiger partial charge in [-0.15, -0.1) is 0 Å². The summed E-state index contributed by atoms with van der Waals surface area (Å²) in [6.45, 7) is 5.66. The summed E-state index contributed by atoms with van der Waals surface area (Å²) in [5.74, 6) is 0.337. The molecule has 0 aromatic rings. The molecule has 0 bridgehead atoms. The van der Waals surface area contributed by atoms with Gasteiger partial charge in [-0.3, -0.25) is 4.79 Å². The molecule has 1 aliphatic heterocycles. The Kier molecular flexibility index (Phi) is 4.38. The van der Waals surface area contributed by atoms with Crippen molar-refractivity contribution < 1.29 is 4.79 Å². The average molecular weight is 263 g/mol. The molecule has 4 heteroatoms. The SMILES string of the molecule is CC(C)[C@H](N)C(=O)N1CCC(Br)CC1. The summed E-state index contributed by atoms with van der Waals surface area (Å²) in [4.78, 5) is 14.3. The summed E-state index contributed by atoms with van der Waals surface area (Å²) < 4.78 is 0. The molecule has 0 saturated carbocycles. The Balaban J connectivity index is 2.45. The van der Waals surface area contributed by atoms with Gasteiger partial charge in [0.25, 0.3) is 0 Å². The maximum Gasteiger partial charge on any atom is 0.239 e. The quantitative estimate of drug-likeness (QED) is 0.764. The van der Waals surface area contributed by atoms with Crippen LogP contribution in [-0.2, 0) is 4.79 Å². The Morgan fingerprint density at radius 3 is 2.36 bits per heavy atom. The molecule has 1 atom stereocenters. The molecule has 0 unspecified atom stereocenters. The Bertz CT molecular complexity index is 200. The van der Waals surface area contributed by atoms with Crippen molar-refractivity contribution in [2.45, 2.75) is 37.6 Å². The molecule has 0 aromatic heterocycles. The second-order valence-electron chi connectivity index (χ2n) is 4.27. The second-order valence-corrected chi connectivity index (χ2v) is 5.56. The average Bonchev–Trinajstić information content (AvgIpc) is 2.16. The fourth-order valence-corrected chi connectivity index (χ4v) is 1.97. The van der Waals surface area contributed by atoms with Gasteiger partial charge in [-0.1, -0.05) is 29.8 Å².